The second-order valence-electron chi connectivity index (χ2n) is 3.05. The van der Waals surface area contributed by atoms with E-state index in [4.69, 9.17) is 5.26 Å². The van der Waals surface area contributed by atoms with Crippen LogP contribution in [-0.2, 0) is 5.04 Å². The summed E-state index contributed by atoms with van der Waals surface area (Å²) < 4.78 is 0. The molecule has 2 aromatic carbocycles. The minimum atomic E-state index is 0.456. The van der Waals surface area contributed by atoms with Crippen LogP contribution in [0.15, 0.2) is 54.6 Å². The maximum absolute atomic E-state index is 8.08. The van der Waals surface area contributed by atoms with Crippen molar-refractivity contribution < 1.29 is 15.2 Å². The van der Waals surface area contributed by atoms with Gasteiger partial charge in [-0.15, -0.1) is 0 Å². The minimum Gasteiger partial charge on any atom is -0.308 e. The lowest BCUT2D eigenvalue weighted by Crippen LogP contribution is -1.90. The van der Waals surface area contributed by atoms with E-state index in [0.717, 1.165) is 11.1 Å². The summed E-state index contributed by atoms with van der Waals surface area (Å²) in [6.07, 6.45) is 0. The molecule has 0 bridgehead atoms. The van der Waals surface area contributed by atoms with Crippen molar-refractivity contribution in [2.45, 2.75) is 0 Å². The highest BCUT2D eigenvalue weighted by Crippen LogP contribution is 2.21. The normalized spacial score (nSPS) is 9.93. The van der Waals surface area contributed by atoms with Crippen molar-refractivity contribution in [2.24, 2.45) is 0 Å². The highest BCUT2D eigenvalue weighted by molar-refractivity contribution is 5.63. The number of benzene rings is 2. The van der Waals surface area contributed by atoms with E-state index in [1.165, 1.54) is 0 Å². The number of hydrogen-bond donors (Lipinski definition) is 1. The molecule has 3 heteroatoms. The zero-order valence-corrected chi connectivity index (χ0v) is 7.96. The molecule has 2 rings (SSSR count). The fourth-order valence-corrected chi connectivity index (χ4v) is 1.38. The van der Waals surface area contributed by atoms with Crippen molar-refractivity contribution in [1.29, 1.82) is 0 Å². The third-order valence-corrected chi connectivity index (χ3v) is 2.09. The van der Waals surface area contributed by atoms with Gasteiger partial charge in [0.2, 0.25) is 0 Å². The van der Waals surface area contributed by atoms with Crippen molar-refractivity contribution in [2.75, 3.05) is 0 Å². The van der Waals surface area contributed by atoms with Crippen LogP contribution in [0.1, 0.15) is 0 Å². The van der Waals surface area contributed by atoms with Gasteiger partial charge in [-0.2, -0.15) is 0 Å². The second kappa shape index (κ2) is 4.59. The SMILES string of the molecule is OOOc1ccc(-c2ccccc2)cc1. The first kappa shape index (κ1) is 9.71. The highest BCUT2D eigenvalue weighted by atomic mass is 17.5. The van der Waals surface area contributed by atoms with Gasteiger partial charge in [-0.1, -0.05) is 42.5 Å². The zero-order chi connectivity index (χ0) is 10.5. The molecule has 0 saturated heterocycles. The van der Waals surface area contributed by atoms with Crippen molar-refractivity contribution in [3.05, 3.63) is 54.6 Å². The predicted molar refractivity (Wildman–Crippen MR) is 56.2 cm³/mol. The molecule has 0 aliphatic heterocycles. The maximum Gasteiger partial charge on any atom is 0.168 e. The molecule has 0 spiro atoms. The Morgan fingerprint density at radius 2 is 1.33 bits per heavy atom. The first-order valence-electron chi connectivity index (χ1n) is 4.54. The minimum absolute atomic E-state index is 0.456. The fourth-order valence-electron chi connectivity index (χ4n) is 1.38. The second-order valence-corrected chi connectivity index (χ2v) is 3.05. The number of hydrogen-bond acceptors (Lipinski definition) is 3. The molecule has 2 aromatic rings. The van der Waals surface area contributed by atoms with Crippen LogP contribution in [0.25, 0.3) is 11.1 Å². The Balaban J connectivity index is 2.24. The third-order valence-electron chi connectivity index (χ3n) is 2.09. The Morgan fingerprint density at radius 3 is 1.93 bits per heavy atom. The van der Waals surface area contributed by atoms with Crippen molar-refractivity contribution in [3.63, 3.8) is 0 Å². The smallest absolute Gasteiger partial charge is 0.168 e. The van der Waals surface area contributed by atoms with E-state index in [2.05, 4.69) is 9.93 Å². The van der Waals surface area contributed by atoms with Crippen LogP contribution < -0.4 is 4.89 Å². The summed E-state index contributed by atoms with van der Waals surface area (Å²) in [5.74, 6) is 0.456. The van der Waals surface area contributed by atoms with Gasteiger partial charge in [0.1, 0.15) is 0 Å². The van der Waals surface area contributed by atoms with Gasteiger partial charge in [0, 0.05) is 0 Å². The molecule has 15 heavy (non-hydrogen) atoms. The van der Waals surface area contributed by atoms with E-state index >= 15 is 0 Å². The van der Waals surface area contributed by atoms with Crippen LogP contribution in [0.3, 0.4) is 0 Å². The van der Waals surface area contributed by atoms with Gasteiger partial charge in [0.25, 0.3) is 0 Å². The average Bonchev–Trinajstić information content (AvgIpc) is 2.32. The standard InChI is InChI=1S/C12H10O3/c13-15-14-12-8-6-11(7-9-12)10-4-2-1-3-5-10/h1-9,13H. The molecule has 0 aliphatic carbocycles. The van der Waals surface area contributed by atoms with Gasteiger partial charge >= 0.3 is 0 Å². The van der Waals surface area contributed by atoms with Crippen LogP contribution in [0.2, 0.25) is 0 Å². The number of rotatable bonds is 3. The van der Waals surface area contributed by atoms with Crippen LogP contribution >= 0.6 is 0 Å². The molecule has 0 aliphatic rings. The van der Waals surface area contributed by atoms with E-state index in [9.17, 15) is 0 Å². The summed E-state index contributed by atoms with van der Waals surface area (Å²) in [5.41, 5.74) is 2.22. The van der Waals surface area contributed by atoms with Crippen molar-refractivity contribution in [3.8, 4) is 16.9 Å². The molecule has 1 N–H and O–H groups in total. The quantitative estimate of drug-likeness (QED) is 0.613. The van der Waals surface area contributed by atoms with Gasteiger partial charge < -0.3 is 4.89 Å². The lowest BCUT2D eigenvalue weighted by atomic mass is 10.1. The molecule has 0 heterocycles. The van der Waals surface area contributed by atoms with Crippen LogP contribution in [0.5, 0.6) is 5.75 Å². The molecular weight excluding hydrogens is 192 g/mol. The largest absolute Gasteiger partial charge is 0.308 e. The van der Waals surface area contributed by atoms with Gasteiger partial charge in [-0.25, -0.2) is 5.26 Å². The van der Waals surface area contributed by atoms with Crippen LogP contribution in [0, 0.1) is 0 Å². The summed E-state index contributed by atoms with van der Waals surface area (Å²) >= 11 is 0. The van der Waals surface area contributed by atoms with Gasteiger partial charge in [-0.3, -0.25) is 0 Å². The van der Waals surface area contributed by atoms with E-state index in [0.29, 0.717) is 5.75 Å². The predicted octanol–water partition coefficient (Wildman–Crippen LogP) is 3.14. The van der Waals surface area contributed by atoms with E-state index in [1.807, 2.05) is 42.5 Å². The van der Waals surface area contributed by atoms with Gasteiger partial charge in [0.05, 0.1) is 0 Å². The Morgan fingerprint density at radius 1 is 0.733 bits per heavy atom. The summed E-state index contributed by atoms with van der Waals surface area (Å²) in [4.78, 5) is 4.45. The van der Waals surface area contributed by atoms with Gasteiger partial charge in [0.15, 0.2) is 5.75 Å². The van der Waals surface area contributed by atoms with Crippen LogP contribution in [0.4, 0.5) is 0 Å². The topological polar surface area (TPSA) is 38.7 Å². The Hall–Kier alpha value is -1.84. The fraction of sp³-hybridized carbons (Fsp3) is 0. The molecular formula is C12H10O3. The maximum atomic E-state index is 8.08. The molecule has 0 amide bonds. The summed E-state index contributed by atoms with van der Waals surface area (Å²) in [6.45, 7) is 0. The summed E-state index contributed by atoms with van der Waals surface area (Å²) in [5, 5.41) is 11.7. The third kappa shape index (κ3) is 2.34. The lowest BCUT2D eigenvalue weighted by molar-refractivity contribution is -0.438. The molecule has 0 aromatic heterocycles. The Bertz CT molecular complexity index is 409. The van der Waals surface area contributed by atoms with Gasteiger partial charge in [-0.05, 0) is 28.3 Å². The first-order chi connectivity index (χ1) is 7.40. The molecule has 3 nitrogen and oxygen atoms in total. The Kier molecular flexibility index (Phi) is 2.97. The molecule has 0 fully saturated rings. The first-order valence-corrected chi connectivity index (χ1v) is 4.54. The average molecular weight is 202 g/mol. The zero-order valence-electron chi connectivity index (χ0n) is 7.96. The summed E-state index contributed by atoms with van der Waals surface area (Å²) in [6, 6.07) is 17.2. The Labute approximate surface area is 87.4 Å². The van der Waals surface area contributed by atoms with Crippen molar-refractivity contribution in [1.82, 2.24) is 0 Å². The highest BCUT2D eigenvalue weighted by Gasteiger charge is 1.97. The lowest BCUT2D eigenvalue weighted by Gasteiger charge is -2.02. The van der Waals surface area contributed by atoms with E-state index in [-0.39, 0.29) is 0 Å². The summed E-state index contributed by atoms with van der Waals surface area (Å²) in [7, 11) is 0. The van der Waals surface area contributed by atoms with E-state index < -0.39 is 0 Å². The van der Waals surface area contributed by atoms with Crippen molar-refractivity contribution >= 4 is 0 Å². The van der Waals surface area contributed by atoms with Crippen LogP contribution in [-0.4, -0.2) is 5.26 Å². The molecule has 0 unspecified atom stereocenters. The molecule has 76 valence electrons. The molecule has 0 saturated carbocycles. The molecule has 0 atom stereocenters. The van der Waals surface area contributed by atoms with E-state index in [1.54, 1.807) is 12.1 Å². The monoisotopic (exact) mass is 202 g/mol. The molecule has 0 radical (unpaired) electrons.